The Hall–Kier alpha value is -2.77. The van der Waals surface area contributed by atoms with Gasteiger partial charge in [0, 0.05) is 18.0 Å². The van der Waals surface area contributed by atoms with E-state index >= 15 is 0 Å². The maximum Gasteiger partial charge on any atom is 0.573 e. The van der Waals surface area contributed by atoms with Crippen LogP contribution in [0.3, 0.4) is 0 Å². The molecule has 0 radical (unpaired) electrons. The molecule has 1 aliphatic rings. The third-order valence-corrected chi connectivity index (χ3v) is 3.23. The number of pyridine rings is 1. The molecule has 1 aromatic carbocycles. The zero-order valence-corrected chi connectivity index (χ0v) is 12.6. The molecular formula is C16H13F3N2O3. The Bertz CT molecular complexity index is 745. The molecule has 0 spiro atoms. The Morgan fingerprint density at radius 1 is 1.12 bits per heavy atom. The van der Waals surface area contributed by atoms with Gasteiger partial charge >= 0.3 is 6.36 Å². The van der Waals surface area contributed by atoms with Crippen LogP contribution in [0.1, 0.15) is 23.8 Å². The van der Waals surface area contributed by atoms with Gasteiger partial charge in [0.25, 0.3) is 0 Å². The van der Waals surface area contributed by atoms with E-state index in [1.165, 1.54) is 24.3 Å². The van der Waals surface area contributed by atoms with Gasteiger partial charge in [-0.15, -0.1) is 13.2 Å². The zero-order valence-electron chi connectivity index (χ0n) is 12.6. The molecule has 2 aromatic rings. The Kier molecular flexibility index (Phi) is 4.28. The summed E-state index contributed by atoms with van der Waals surface area (Å²) in [5.41, 5.74) is 1.49. The molecule has 0 bridgehead atoms. The highest BCUT2D eigenvalue weighted by molar-refractivity contribution is 5.79. The number of hydrogen-bond acceptors (Lipinski definition) is 5. The van der Waals surface area contributed by atoms with Gasteiger partial charge in [-0.1, -0.05) is 17.3 Å². The highest BCUT2D eigenvalue weighted by Gasteiger charge is 2.31. The molecule has 24 heavy (non-hydrogen) atoms. The van der Waals surface area contributed by atoms with Crippen molar-refractivity contribution in [2.75, 3.05) is 0 Å². The third-order valence-electron chi connectivity index (χ3n) is 3.23. The Balaban J connectivity index is 1.60. The van der Waals surface area contributed by atoms with Crippen molar-refractivity contribution in [3.8, 4) is 11.5 Å². The minimum absolute atomic E-state index is 0.283. The summed E-state index contributed by atoms with van der Waals surface area (Å²) in [4.78, 5) is 9.35. The van der Waals surface area contributed by atoms with Crippen molar-refractivity contribution >= 4 is 5.90 Å². The number of aromatic nitrogens is 1. The van der Waals surface area contributed by atoms with E-state index in [1.54, 1.807) is 18.3 Å². The first-order valence-corrected chi connectivity index (χ1v) is 7.08. The highest BCUT2D eigenvalue weighted by atomic mass is 19.4. The number of alkyl halides is 3. The summed E-state index contributed by atoms with van der Waals surface area (Å²) < 4.78 is 45.9. The predicted octanol–water partition coefficient (Wildman–Crippen LogP) is 4.14. The first kappa shape index (κ1) is 16.1. The van der Waals surface area contributed by atoms with Gasteiger partial charge in [0.15, 0.2) is 6.10 Å². The normalized spacial score (nSPS) is 17.2. The maximum atomic E-state index is 12.1. The summed E-state index contributed by atoms with van der Waals surface area (Å²) in [7, 11) is 0. The fourth-order valence-electron chi connectivity index (χ4n) is 2.20. The Morgan fingerprint density at radius 2 is 1.88 bits per heavy atom. The molecule has 0 saturated carbocycles. The minimum atomic E-state index is -4.71. The molecule has 3 rings (SSSR count). The molecule has 0 saturated heterocycles. The number of nitrogens with zero attached hydrogens (tertiary/aromatic N) is 2. The third kappa shape index (κ3) is 4.15. The lowest BCUT2D eigenvalue weighted by molar-refractivity contribution is -0.274. The second-order valence-electron chi connectivity index (χ2n) is 5.14. The lowest BCUT2D eigenvalue weighted by Crippen LogP contribution is -2.17. The van der Waals surface area contributed by atoms with Gasteiger partial charge < -0.3 is 14.3 Å². The highest BCUT2D eigenvalue weighted by Crippen LogP contribution is 2.30. The predicted molar refractivity (Wildman–Crippen MR) is 78.6 cm³/mol. The van der Waals surface area contributed by atoms with Crippen LogP contribution in [-0.2, 0) is 4.84 Å². The lowest BCUT2D eigenvalue weighted by atomic mass is 10.1. The first-order valence-electron chi connectivity index (χ1n) is 7.08. The summed E-state index contributed by atoms with van der Waals surface area (Å²) in [5.74, 6) is 0.703. The molecule has 2 heterocycles. The fourth-order valence-corrected chi connectivity index (χ4v) is 2.20. The first-order chi connectivity index (χ1) is 11.4. The van der Waals surface area contributed by atoms with E-state index < -0.39 is 12.5 Å². The summed E-state index contributed by atoms with van der Waals surface area (Å²) in [5, 5.41) is 3.86. The van der Waals surface area contributed by atoms with E-state index in [0.29, 0.717) is 23.6 Å². The van der Waals surface area contributed by atoms with Crippen LogP contribution in [0.2, 0.25) is 0 Å². The van der Waals surface area contributed by atoms with Crippen LogP contribution in [0, 0.1) is 6.92 Å². The SMILES string of the molecule is Cc1cc(OC2=NO[C@H](c3ccc(OC(F)(F)F)cc3)C2)ccn1. The van der Waals surface area contributed by atoms with Crippen molar-refractivity contribution in [2.45, 2.75) is 25.8 Å². The molecule has 1 atom stereocenters. The number of hydrogen-bond donors (Lipinski definition) is 0. The van der Waals surface area contributed by atoms with E-state index in [1.807, 2.05) is 6.92 Å². The smallest absolute Gasteiger partial charge is 0.439 e. The minimum Gasteiger partial charge on any atom is -0.439 e. The standard InChI is InChI=1S/C16H13F3N2O3/c1-10-8-13(6-7-20-10)22-15-9-14(24-21-15)11-2-4-12(5-3-11)23-16(17,18)19/h2-8,14H,9H2,1H3/t14-/m0/s1. The fraction of sp³-hybridized carbons (Fsp3) is 0.250. The number of oxime groups is 1. The van der Waals surface area contributed by atoms with Crippen LogP contribution in [0.15, 0.2) is 47.8 Å². The number of halogens is 3. The lowest BCUT2D eigenvalue weighted by Gasteiger charge is -2.11. The molecule has 0 unspecified atom stereocenters. The van der Waals surface area contributed by atoms with E-state index in [9.17, 15) is 13.2 Å². The van der Waals surface area contributed by atoms with Gasteiger partial charge in [0.05, 0.1) is 6.42 Å². The van der Waals surface area contributed by atoms with Gasteiger partial charge in [0.2, 0.25) is 5.90 Å². The van der Waals surface area contributed by atoms with Gasteiger partial charge in [-0.3, -0.25) is 4.98 Å². The molecule has 0 aliphatic carbocycles. The molecule has 0 fully saturated rings. The number of aryl methyl sites for hydroxylation is 1. The number of rotatable bonds is 3. The van der Waals surface area contributed by atoms with Gasteiger partial charge in [-0.2, -0.15) is 0 Å². The van der Waals surface area contributed by atoms with Crippen molar-refractivity contribution in [1.29, 1.82) is 0 Å². The van der Waals surface area contributed by atoms with Crippen molar-refractivity contribution in [2.24, 2.45) is 5.16 Å². The molecule has 0 amide bonds. The Labute approximate surface area is 135 Å². The molecular weight excluding hydrogens is 325 g/mol. The summed E-state index contributed by atoms with van der Waals surface area (Å²) >= 11 is 0. The van der Waals surface area contributed by atoms with E-state index in [-0.39, 0.29) is 5.75 Å². The summed E-state index contributed by atoms with van der Waals surface area (Å²) in [6.07, 6.45) is -3.13. The monoisotopic (exact) mass is 338 g/mol. The quantitative estimate of drug-likeness (QED) is 0.844. The second kappa shape index (κ2) is 6.38. The van der Waals surface area contributed by atoms with E-state index in [2.05, 4.69) is 14.9 Å². The maximum absolute atomic E-state index is 12.1. The Morgan fingerprint density at radius 3 is 2.54 bits per heavy atom. The second-order valence-corrected chi connectivity index (χ2v) is 5.14. The van der Waals surface area contributed by atoms with E-state index in [0.717, 1.165) is 5.69 Å². The number of ether oxygens (including phenoxy) is 2. The molecule has 1 aromatic heterocycles. The van der Waals surface area contributed by atoms with Crippen LogP contribution in [-0.4, -0.2) is 17.2 Å². The van der Waals surface area contributed by atoms with Crippen LogP contribution in [0.25, 0.3) is 0 Å². The van der Waals surface area contributed by atoms with Crippen LogP contribution >= 0.6 is 0 Å². The zero-order chi connectivity index (χ0) is 17.2. The molecule has 5 nitrogen and oxygen atoms in total. The van der Waals surface area contributed by atoms with Crippen LogP contribution in [0.5, 0.6) is 11.5 Å². The average molecular weight is 338 g/mol. The number of benzene rings is 1. The van der Waals surface area contributed by atoms with Crippen molar-refractivity contribution < 1.29 is 27.5 Å². The summed E-state index contributed by atoms with van der Waals surface area (Å²) in [6.45, 7) is 1.84. The van der Waals surface area contributed by atoms with E-state index in [4.69, 9.17) is 9.57 Å². The largest absolute Gasteiger partial charge is 0.573 e. The van der Waals surface area contributed by atoms with Gasteiger partial charge in [0.1, 0.15) is 11.5 Å². The topological polar surface area (TPSA) is 52.9 Å². The van der Waals surface area contributed by atoms with Crippen LogP contribution < -0.4 is 9.47 Å². The van der Waals surface area contributed by atoms with Gasteiger partial charge in [-0.25, -0.2) is 0 Å². The van der Waals surface area contributed by atoms with Crippen molar-refractivity contribution in [3.05, 3.63) is 53.9 Å². The van der Waals surface area contributed by atoms with Gasteiger partial charge in [-0.05, 0) is 30.7 Å². The molecule has 8 heteroatoms. The van der Waals surface area contributed by atoms with Crippen molar-refractivity contribution in [3.63, 3.8) is 0 Å². The summed E-state index contributed by atoms with van der Waals surface area (Å²) in [6, 6.07) is 8.93. The molecule has 0 N–H and O–H groups in total. The molecule has 126 valence electrons. The van der Waals surface area contributed by atoms with Crippen molar-refractivity contribution in [1.82, 2.24) is 4.98 Å². The van der Waals surface area contributed by atoms with Crippen LogP contribution in [0.4, 0.5) is 13.2 Å². The molecule has 1 aliphatic heterocycles. The average Bonchev–Trinajstić information content (AvgIpc) is 2.95.